The van der Waals surface area contributed by atoms with Crippen molar-refractivity contribution in [3.8, 4) is 11.5 Å². The third-order valence-electron chi connectivity index (χ3n) is 4.42. The van der Waals surface area contributed by atoms with Crippen LogP contribution < -0.4 is 9.47 Å². The van der Waals surface area contributed by atoms with E-state index in [4.69, 9.17) is 60.7 Å². The molecule has 0 saturated carbocycles. The zero-order valence-corrected chi connectivity index (χ0v) is 21.1. The molecule has 0 atom stereocenters. The van der Waals surface area contributed by atoms with Crippen molar-refractivity contribution in [3.05, 3.63) is 68.1 Å². The Labute approximate surface area is 216 Å². The lowest BCUT2D eigenvalue weighted by Gasteiger charge is -2.12. The van der Waals surface area contributed by atoms with Crippen LogP contribution in [-0.4, -0.2) is 25.5 Å². The lowest BCUT2D eigenvalue weighted by molar-refractivity contribution is -0.137. The van der Waals surface area contributed by atoms with E-state index >= 15 is 0 Å². The van der Waals surface area contributed by atoms with E-state index < -0.39 is 11.7 Å². The van der Waals surface area contributed by atoms with Crippen molar-refractivity contribution in [2.45, 2.75) is 32.4 Å². The summed E-state index contributed by atoms with van der Waals surface area (Å²) in [4.78, 5) is 5.26. The molecule has 11 heteroatoms. The summed E-state index contributed by atoms with van der Waals surface area (Å²) in [6.07, 6.45) is -0.625. The van der Waals surface area contributed by atoms with Gasteiger partial charge in [0.15, 0.2) is 5.75 Å². The van der Waals surface area contributed by atoms with Crippen molar-refractivity contribution < 1.29 is 27.5 Å². The van der Waals surface area contributed by atoms with Crippen molar-refractivity contribution in [1.29, 1.82) is 0 Å². The number of alkyl halides is 3. The predicted molar refractivity (Wildman–Crippen MR) is 131 cm³/mol. The average molecular weight is 559 g/mol. The van der Waals surface area contributed by atoms with Gasteiger partial charge in [-0.05, 0) is 50.0 Å². The molecular weight excluding hydrogens is 537 g/mol. The van der Waals surface area contributed by atoms with E-state index in [0.29, 0.717) is 46.0 Å². The van der Waals surface area contributed by atoms with Gasteiger partial charge in [-0.25, -0.2) is 0 Å². The van der Waals surface area contributed by atoms with Crippen LogP contribution in [0.2, 0.25) is 10.0 Å². The number of unbranched alkanes of at least 4 members (excludes halogenated alkanes) is 2. The molecule has 0 spiro atoms. The third kappa shape index (κ3) is 9.82. The largest absolute Gasteiger partial charge is 0.490 e. The Bertz CT molecular complexity index is 969. The summed E-state index contributed by atoms with van der Waals surface area (Å²) < 4.78 is 49.1. The molecular formula is C23H22Cl4F3NO3. The molecule has 0 fully saturated rings. The van der Waals surface area contributed by atoms with E-state index in [0.717, 1.165) is 31.4 Å². The monoisotopic (exact) mass is 557 g/mol. The highest BCUT2D eigenvalue weighted by Crippen LogP contribution is 2.37. The highest BCUT2D eigenvalue weighted by molar-refractivity contribution is 6.55. The van der Waals surface area contributed by atoms with Gasteiger partial charge in [-0.15, -0.1) is 0 Å². The van der Waals surface area contributed by atoms with Gasteiger partial charge in [0.2, 0.25) is 0 Å². The van der Waals surface area contributed by atoms with Crippen LogP contribution in [0.4, 0.5) is 13.2 Å². The molecule has 0 aliphatic rings. The maximum Gasteiger partial charge on any atom is 0.416 e. The normalized spacial score (nSPS) is 11.8. The van der Waals surface area contributed by atoms with Crippen LogP contribution in [0, 0.1) is 0 Å². The van der Waals surface area contributed by atoms with Crippen molar-refractivity contribution in [3.63, 3.8) is 0 Å². The van der Waals surface area contributed by atoms with Gasteiger partial charge in [0.25, 0.3) is 0 Å². The molecule has 0 unspecified atom stereocenters. The van der Waals surface area contributed by atoms with Gasteiger partial charge in [0.1, 0.15) is 23.5 Å². The highest BCUT2D eigenvalue weighted by atomic mass is 35.5. The Morgan fingerprint density at radius 1 is 0.941 bits per heavy atom. The maximum absolute atomic E-state index is 12.6. The smallest absolute Gasteiger partial charge is 0.416 e. The minimum absolute atomic E-state index is 0.101. The molecule has 0 heterocycles. The molecule has 0 bridgehead atoms. The molecule has 2 aromatic carbocycles. The minimum atomic E-state index is -4.37. The van der Waals surface area contributed by atoms with Crippen molar-refractivity contribution in [2.75, 3.05) is 19.8 Å². The Morgan fingerprint density at radius 2 is 1.56 bits per heavy atom. The summed E-state index contributed by atoms with van der Waals surface area (Å²) in [6.45, 7) is 2.61. The van der Waals surface area contributed by atoms with E-state index in [1.807, 2.05) is 0 Å². The molecule has 0 amide bonds. The molecule has 2 rings (SSSR count). The second-order valence-corrected chi connectivity index (χ2v) is 8.84. The molecule has 0 radical (unpaired) electrons. The molecule has 4 nitrogen and oxygen atoms in total. The van der Waals surface area contributed by atoms with Crippen LogP contribution >= 0.6 is 46.4 Å². The first-order valence-corrected chi connectivity index (χ1v) is 11.7. The highest BCUT2D eigenvalue weighted by Gasteiger charge is 2.30. The molecule has 0 aliphatic heterocycles. The number of halogens is 7. The van der Waals surface area contributed by atoms with Crippen LogP contribution in [0.3, 0.4) is 0 Å². The molecule has 0 aromatic heterocycles. The number of hydrogen-bond acceptors (Lipinski definition) is 4. The average Bonchev–Trinajstić information content (AvgIpc) is 2.76. The molecule has 2 aromatic rings. The fraction of sp³-hybridized carbons (Fsp3) is 0.348. The summed E-state index contributed by atoms with van der Waals surface area (Å²) in [5, 5.41) is 4.59. The molecule has 0 N–H and O–H groups in total. The van der Waals surface area contributed by atoms with Gasteiger partial charge >= 0.3 is 6.18 Å². The predicted octanol–water partition coefficient (Wildman–Crippen LogP) is 8.70. The Morgan fingerprint density at radius 3 is 2.15 bits per heavy atom. The summed E-state index contributed by atoms with van der Waals surface area (Å²) in [5.74, 6) is 0.826. The van der Waals surface area contributed by atoms with E-state index in [2.05, 4.69) is 5.16 Å². The number of benzene rings is 2. The number of rotatable bonds is 12. The summed E-state index contributed by atoms with van der Waals surface area (Å²) >= 11 is 23.5. The maximum atomic E-state index is 12.6. The van der Waals surface area contributed by atoms with Crippen LogP contribution in [0.15, 0.2) is 52.1 Å². The standard InChI is InChI=1S/C23H22Cl4F3NO3/c1-15(16-5-7-17(8-6-16)23(28,29)30)31-34-11-4-2-3-10-33-22-19(24)13-18(14-20(22)25)32-12-9-21(26)27/h5-9,13-14H,2-4,10-12H2,1H3. The van der Waals surface area contributed by atoms with Crippen LogP contribution in [0.5, 0.6) is 11.5 Å². The van der Waals surface area contributed by atoms with E-state index in [1.165, 1.54) is 18.2 Å². The van der Waals surface area contributed by atoms with Crippen LogP contribution in [-0.2, 0) is 11.0 Å². The van der Waals surface area contributed by atoms with Gasteiger partial charge in [-0.1, -0.05) is 63.7 Å². The van der Waals surface area contributed by atoms with Crippen molar-refractivity contribution >= 4 is 52.1 Å². The molecule has 0 saturated heterocycles. The molecule has 186 valence electrons. The van der Waals surface area contributed by atoms with Crippen LogP contribution in [0.25, 0.3) is 0 Å². The molecule has 34 heavy (non-hydrogen) atoms. The Balaban J connectivity index is 1.68. The minimum Gasteiger partial charge on any atom is -0.490 e. The van der Waals surface area contributed by atoms with E-state index in [9.17, 15) is 13.2 Å². The Hall–Kier alpha value is -1.80. The molecule has 0 aliphatic carbocycles. The first-order valence-electron chi connectivity index (χ1n) is 10.2. The second kappa shape index (κ2) is 13.9. The van der Waals surface area contributed by atoms with Crippen molar-refractivity contribution in [2.24, 2.45) is 5.16 Å². The fourth-order valence-electron chi connectivity index (χ4n) is 2.67. The zero-order chi connectivity index (χ0) is 25.1. The number of oxime groups is 1. The summed E-state index contributed by atoms with van der Waals surface area (Å²) in [5.41, 5.74) is 0.352. The third-order valence-corrected chi connectivity index (χ3v) is 5.29. The first-order chi connectivity index (χ1) is 16.1. The number of hydrogen-bond donors (Lipinski definition) is 0. The topological polar surface area (TPSA) is 40.0 Å². The lowest BCUT2D eigenvalue weighted by Crippen LogP contribution is -2.05. The first kappa shape index (κ1) is 28.4. The lowest BCUT2D eigenvalue weighted by atomic mass is 10.1. The quantitative estimate of drug-likeness (QED) is 0.148. The van der Waals surface area contributed by atoms with E-state index in [1.54, 1.807) is 19.1 Å². The van der Waals surface area contributed by atoms with E-state index in [-0.39, 0.29) is 11.1 Å². The van der Waals surface area contributed by atoms with Gasteiger partial charge in [0, 0.05) is 12.1 Å². The number of nitrogens with zero attached hydrogens (tertiary/aromatic N) is 1. The van der Waals surface area contributed by atoms with Gasteiger partial charge < -0.3 is 14.3 Å². The van der Waals surface area contributed by atoms with Gasteiger partial charge in [-0.2, -0.15) is 13.2 Å². The zero-order valence-electron chi connectivity index (χ0n) is 18.1. The number of ether oxygens (including phenoxy) is 2. The second-order valence-electron chi connectivity index (χ2n) is 7.01. The van der Waals surface area contributed by atoms with Gasteiger partial charge in [-0.3, -0.25) is 0 Å². The SMILES string of the molecule is CC(=NOCCCCCOc1c(Cl)cc(OCC=C(Cl)Cl)cc1Cl)c1ccc(C(F)(F)F)cc1. The van der Waals surface area contributed by atoms with Gasteiger partial charge in [0.05, 0.1) is 27.9 Å². The Kier molecular flexibility index (Phi) is 11.6. The van der Waals surface area contributed by atoms with Crippen molar-refractivity contribution in [1.82, 2.24) is 0 Å². The summed E-state index contributed by atoms with van der Waals surface area (Å²) in [6, 6.07) is 7.94. The van der Waals surface area contributed by atoms with Crippen LogP contribution in [0.1, 0.15) is 37.3 Å². The fourth-order valence-corrected chi connectivity index (χ4v) is 3.38. The summed E-state index contributed by atoms with van der Waals surface area (Å²) in [7, 11) is 0.